The lowest BCUT2D eigenvalue weighted by Crippen LogP contribution is -2.32. The van der Waals surface area contributed by atoms with Gasteiger partial charge in [-0.1, -0.05) is 6.07 Å². The molecule has 1 aromatic carbocycles. The third-order valence-electron chi connectivity index (χ3n) is 5.09. The van der Waals surface area contributed by atoms with Crippen molar-refractivity contribution in [1.29, 1.82) is 0 Å². The Bertz CT molecular complexity index is 799. The second-order valence-electron chi connectivity index (χ2n) is 7.37. The Balaban J connectivity index is 1.52. The molecule has 26 heavy (non-hydrogen) atoms. The van der Waals surface area contributed by atoms with Gasteiger partial charge in [-0.05, 0) is 35.7 Å². The number of rotatable bonds is 4. The van der Waals surface area contributed by atoms with Crippen molar-refractivity contribution >= 4 is 5.91 Å². The van der Waals surface area contributed by atoms with E-state index in [1.165, 1.54) is 11.3 Å². The van der Waals surface area contributed by atoms with E-state index in [0.717, 1.165) is 37.7 Å². The number of fused-ring (bicyclic) bond motifs is 2. The minimum atomic E-state index is 0.189. The second-order valence-corrected chi connectivity index (χ2v) is 7.37. The highest BCUT2D eigenvalue weighted by molar-refractivity contribution is 5.75. The van der Waals surface area contributed by atoms with Gasteiger partial charge in [-0.15, -0.1) is 0 Å². The minimum absolute atomic E-state index is 0.189. The van der Waals surface area contributed by atoms with Gasteiger partial charge in [0.25, 0.3) is 0 Å². The molecule has 6 heteroatoms. The van der Waals surface area contributed by atoms with Crippen molar-refractivity contribution in [3.63, 3.8) is 0 Å². The van der Waals surface area contributed by atoms with Crippen LogP contribution in [0.4, 0.5) is 0 Å². The Morgan fingerprint density at radius 2 is 2.04 bits per heavy atom. The van der Waals surface area contributed by atoms with Crippen LogP contribution in [-0.4, -0.2) is 47.7 Å². The molecular formula is C20H25N3O3. The Kier molecular flexibility index (Phi) is 4.59. The van der Waals surface area contributed by atoms with Crippen LogP contribution >= 0.6 is 0 Å². The van der Waals surface area contributed by atoms with Gasteiger partial charge in [-0.3, -0.25) is 9.69 Å². The molecule has 0 radical (unpaired) electrons. The molecule has 0 fully saturated rings. The molecule has 0 saturated carbocycles. The maximum Gasteiger partial charge on any atom is 0.231 e. The average molecular weight is 355 g/mol. The molecule has 2 aliphatic heterocycles. The molecule has 0 unspecified atom stereocenters. The zero-order valence-electron chi connectivity index (χ0n) is 15.4. The van der Waals surface area contributed by atoms with Crippen molar-refractivity contribution in [1.82, 2.24) is 14.4 Å². The van der Waals surface area contributed by atoms with Crippen molar-refractivity contribution in [2.24, 2.45) is 5.92 Å². The summed E-state index contributed by atoms with van der Waals surface area (Å²) >= 11 is 0. The molecule has 2 aliphatic rings. The van der Waals surface area contributed by atoms with E-state index >= 15 is 0 Å². The second kappa shape index (κ2) is 7.03. The van der Waals surface area contributed by atoms with E-state index < -0.39 is 0 Å². The molecule has 0 aliphatic carbocycles. The van der Waals surface area contributed by atoms with Gasteiger partial charge in [0.1, 0.15) is 0 Å². The number of carbonyl (C=O) groups is 1. The van der Waals surface area contributed by atoms with E-state index in [0.29, 0.717) is 19.1 Å². The predicted octanol–water partition coefficient (Wildman–Crippen LogP) is 2.33. The molecule has 4 rings (SSSR count). The molecule has 0 spiro atoms. The number of ether oxygens (including phenoxy) is 2. The number of hydrogen-bond donors (Lipinski definition) is 0. The molecule has 3 heterocycles. The van der Waals surface area contributed by atoms with E-state index in [-0.39, 0.29) is 5.91 Å². The average Bonchev–Trinajstić information content (AvgIpc) is 3.20. The molecule has 1 atom stereocenters. The quantitative estimate of drug-likeness (QED) is 0.845. The Labute approximate surface area is 153 Å². The van der Waals surface area contributed by atoms with E-state index in [1.807, 2.05) is 20.2 Å². The summed E-state index contributed by atoms with van der Waals surface area (Å²) < 4.78 is 13.2. The van der Waals surface area contributed by atoms with Crippen molar-refractivity contribution in [2.45, 2.75) is 26.1 Å². The fourth-order valence-electron chi connectivity index (χ4n) is 3.74. The van der Waals surface area contributed by atoms with Gasteiger partial charge < -0.3 is 18.9 Å². The summed E-state index contributed by atoms with van der Waals surface area (Å²) in [6.45, 7) is 3.79. The highest BCUT2D eigenvalue weighted by Crippen LogP contribution is 2.33. The lowest BCUT2D eigenvalue weighted by atomic mass is 10.0. The minimum Gasteiger partial charge on any atom is -0.454 e. The van der Waals surface area contributed by atoms with Crippen LogP contribution in [0.15, 0.2) is 36.5 Å². The summed E-state index contributed by atoms with van der Waals surface area (Å²) in [5.74, 6) is 2.12. The molecule has 1 amide bonds. The van der Waals surface area contributed by atoms with Gasteiger partial charge in [0.05, 0.1) is 0 Å². The van der Waals surface area contributed by atoms with Crippen LogP contribution in [0.25, 0.3) is 0 Å². The van der Waals surface area contributed by atoms with Crippen LogP contribution in [0.2, 0.25) is 0 Å². The largest absolute Gasteiger partial charge is 0.454 e. The maximum atomic E-state index is 12.2. The van der Waals surface area contributed by atoms with Crippen LogP contribution in [0.5, 0.6) is 11.5 Å². The third-order valence-corrected chi connectivity index (χ3v) is 5.09. The monoisotopic (exact) mass is 355 g/mol. The lowest BCUT2D eigenvalue weighted by Gasteiger charge is -2.24. The predicted molar refractivity (Wildman–Crippen MR) is 97.9 cm³/mol. The smallest absolute Gasteiger partial charge is 0.231 e. The SMILES string of the molecule is CN(C)C(=O)C[C@@H]1CN(Cc2ccc3c(c2)OCO3)Cc2cccn2C1. The normalized spacial score (nSPS) is 19.1. The van der Waals surface area contributed by atoms with Crippen molar-refractivity contribution in [3.8, 4) is 11.5 Å². The van der Waals surface area contributed by atoms with E-state index in [9.17, 15) is 4.79 Å². The highest BCUT2D eigenvalue weighted by Gasteiger charge is 2.24. The summed E-state index contributed by atoms with van der Waals surface area (Å²) in [7, 11) is 3.65. The first-order valence-corrected chi connectivity index (χ1v) is 9.03. The van der Waals surface area contributed by atoms with Crippen LogP contribution in [0, 0.1) is 5.92 Å². The van der Waals surface area contributed by atoms with Crippen molar-refractivity contribution < 1.29 is 14.3 Å². The molecule has 0 saturated heterocycles. The highest BCUT2D eigenvalue weighted by atomic mass is 16.7. The fourth-order valence-corrected chi connectivity index (χ4v) is 3.74. The summed E-state index contributed by atoms with van der Waals surface area (Å²) in [6, 6.07) is 10.4. The van der Waals surface area contributed by atoms with Gasteiger partial charge in [0, 0.05) is 58.6 Å². The van der Waals surface area contributed by atoms with E-state index in [4.69, 9.17) is 9.47 Å². The summed E-state index contributed by atoms with van der Waals surface area (Å²) in [4.78, 5) is 16.3. The van der Waals surface area contributed by atoms with E-state index in [1.54, 1.807) is 4.90 Å². The maximum absolute atomic E-state index is 12.2. The van der Waals surface area contributed by atoms with Gasteiger partial charge >= 0.3 is 0 Å². The molecule has 138 valence electrons. The molecule has 6 nitrogen and oxygen atoms in total. The van der Waals surface area contributed by atoms with E-state index in [2.05, 4.69) is 39.9 Å². The zero-order valence-corrected chi connectivity index (χ0v) is 15.4. The van der Waals surface area contributed by atoms with Crippen molar-refractivity contribution in [3.05, 3.63) is 47.8 Å². The molecule has 0 N–H and O–H groups in total. The first-order valence-electron chi connectivity index (χ1n) is 9.03. The van der Waals surface area contributed by atoms with Crippen LogP contribution in [0.1, 0.15) is 17.7 Å². The summed E-state index contributed by atoms with van der Waals surface area (Å²) in [5, 5.41) is 0. The number of aromatic nitrogens is 1. The van der Waals surface area contributed by atoms with Crippen LogP contribution in [-0.2, 0) is 24.4 Å². The van der Waals surface area contributed by atoms with Gasteiger partial charge in [-0.2, -0.15) is 0 Å². The van der Waals surface area contributed by atoms with Gasteiger partial charge in [0.15, 0.2) is 11.5 Å². The number of hydrogen-bond acceptors (Lipinski definition) is 4. The van der Waals surface area contributed by atoms with Crippen molar-refractivity contribution in [2.75, 3.05) is 27.4 Å². The fraction of sp³-hybridized carbons (Fsp3) is 0.450. The summed E-state index contributed by atoms with van der Waals surface area (Å²) in [6.07, 6.45) is 2.69. The summed E-state index contributed by atoms with van der Waals surface area (Å²) in [5.41, 5.74) is 2.50. The zero-order chi connectivity index (χ0) is 18.1. The standard InChI is InChI=1S/C20H25N3O3/c1-21(2)20(24)9-16-11-22(13-17-4-3-7-23(17)12-16)10-15-5-6-18-19(8-15)26-14-25-18/h3-8,16H,9-14H2,1-2H3/t16-/m1/s1. The number of nitrogens with zero attached hydrogens (tertiary/aromatic N) is 3. The van der Waals surface area contributed by atoms with Gasteiger partial charge in [0.2, 0.25) is 12.7 Å². The number of carbonyl (C=O) groups excluding carboxylic acids is 1. The topological polar surface area (TPSA) is 46.9 Å². The number of benzene rings is 1. The molecule has 0 bridgehead atoms. The van der Waals surface area contributed by atoms with Crippen LogP contribution < -0.4 is 9.47 Å². The first kappa shape index (κ1) is 17.0. The first-order chi connectivity index (χ1) is 12.6. The van der Waals surface area contributed by atoms with Gasteiger partial charge in [-0.25, -0.2) is 0 Å². The number of amides is 1. The Morgan fingerprint density at radius 3 is 2.88 bits per heavy atom. The third kappa shape index (κ3) is 3.55. The molecular weight excluding hydrogens is 330 g/mol. The van der Waals surface area contributed by atoms with Crippen LogP contribution in [0.3, 0.4) is 0 Å². The molecule has 1 aromatic heterocycles. The Hall–Kier alpha value is -2.47. The Morgan fingerprint density at radius 1 is 1.19 bits per heavy atom. The molecule has 2 aromatic rings. The lowest BCUT2D eigenvalue weighted by molar-refractivity contribution is -0.129.